The Morgan fingerprint density at radius 3 is 2.83 bits per heavy atom. The molecule has 1 atom stereocenters. The van der Waals surface area contributed by atoms with Gasteiger partial charge in [-0.1, -0.05) is 12.1 Å². The number of nitrogens with zero attached hydrogens (tertiary/aromatic N) is 1. The molecular formula is C14H19FN2O. The zero-order valence-corrected chi connectivity index (χ0v) is 10.7. The van der Waals surface area contributed by atoms with Crippen molar-refractivity contribution in [1.29, 1.82) is 0 Å². The third-order valence-electron chi connectivity index (χ3n) is 3.52. The Labute approximate surface area is 107 Å². The highest BCUT2D eigenvalue weighted by atomic mass is 19.1. The van der Waals surface area contributed by atoms with E-state index in [1.807, 2.05) is 12.1 Å². The van der Waals surface area contributed by atoms with E-state index in [-0.39, 0.29) is 11.7 Å². The maximum absolute atomic E-state index is 12.9. The topological polar surface area (TPSA) is 32.3 Å². The largest absolute Gasteiger partial charge is 0.359 e. The van der Waals surface area contributed by atoms with Crippen LogP contribution in [0.1, 0.15) is 30.9 Å². The number of rotatable bonds is 4. The summed E-state index contributed by atoms with van der Waals surface area (Å²) in [5, 5.41) is 2.64. The predicted octanol–water partition coefficient (Wildman–Crippen LogP) is 2.10. The van der Waals surface area contributed by atoms with Crippen LogP contribution in [0.25, 0.3) is 0 Å². The summed E-state index contributed by atoms with van der Waals surface area (Å²) in [5.41, 5.74) is 1.14. The number of carbonyl (C=O) groups is 1. The van der Waals surface area contributed by atoms with E-state index in [1.165, 1.54) is 12.1 Å². The Morgan fingerprint density at radius 2 is 2.17 bits per heavy atom. The van der Waals surface area contributed by atoms with Gasteiger partial charge in [0, 0.05) is 26.1 Å². The van der Waals surface area contributed by atoms with Crippen LogP contribution in [0.5, 0.6) is 0 Å². The average Bonchev–Trinajstić information content (AvgIpc) is 2.85. The number of hydrogen-bond acceptors (Lipinski definition) is 2. The molecule has 1 amide bonds. The Balaban J connectivity index is 1.98. The van der Waals surface area contributed by atoms with Crippen LogP contribution >= 0.6 is 0 Å². The van der Waals surface area contributed by atoms with Crippen LogP contribution in [0.15, 0.2) is 24.3 Å². The first-order valence-corrected chi connectivity index (χ1v) is 6.41. The standard InChI is InChI=1S/C14H19FN2O/c1-16-14(18)8-10-17-9-2-3-13(17)11-4-6-12(15)7-5-11/h4-7,13H,2-3,8-10H2,1H3,(H,16,18). The molecule has 1 aromatic rings. The highest BCUT2D eigenvalue weighted by Crippen LogP contribution is 2.31. The molecule has 0 aromatic heterocycles. The lowest BCUT2D eigenvalue weighted by Gasteiger charge is -2.24. The molecule has 2 rings (SSSR count). The van der Waals surface area contributed by atoms with E-state index in [4.69, 9.17) is 0 Å². The Hall–Kier alpha value is -1.42. The summed E-state index contributed by atoms with van der Waals surface area (Å²) >= 11 is 0. The van der Waals surface area contributed by atoms with Gasteiger partial charge in [-0.25, -0.2) is 4.39 Å². The third-order valence-corrected chi connectivity index (χ3v) is 3.52. The Kier molecular flexibility index (Phi) is 4.31. The first kappa shape index (κ1) is 13.0. The lowest BCUT2D eigenvalue weighted by molar-refractivity contribution is -0.121. The molecule has 98 valence electrons. The lowest BCUT2D eigenvalue weighted by Crippen LogP contribution is -2.29. The summed E-state index contributed by atoms with van der Waals surface area (Å²) in [4.78, 5) is 13.6. The minimum Gasteiger partial charge on any atom is -0.359 e. The summed E-state index contributed by atoms with van der Waals surface area (Å²) in [6, 6.07) is 7.03. The van der Waals surface area contributed by atoms with Crippen LogP contribution in [0.4, 0.5) is 4.39 Å². The van der Waals surface area contributed by atoms with Crippen molar-refractivity contribution in [1.82, 2.24) is 10.2 Å². The van der Waals surface area contributed by atoms with Gasteiger partial charge in [-0.3, -0.25) is 9.69 Å². The second-order valence-electron chi connectivity index (χ2n) is 4.67. The van der Waals surface area contributed by atoms with Crippen LogP contribution < -0.4 is 5.32 Å². The molecule has 1 aliphatic heterocycles. The van der Waals surface area contributed by atoms with Crippen molar-refractivity contribution in [2.75, 3.05) is 20.1 Å². The summed E-state index contributed by atoms with van der Waals surface area (Å²) in [6.45, 7) is 1.78. The van der Waals surface area contributed by atoms with E-state index in [2.05, 4.69) is 10.2 Å². The van der Waals surface area contributed by atoms with Gasteiger partial charge in [0.15, 0.2) is 0 Å². The minimum absolute atomic E-state index is 0.0692. The van der Waals surface area contributed by atoms with E-state index in [0.717, 1.165) is 31.5 Å². The summed E-state index contributed by atoms with van der Waals surface area (Å²) < 4.78 is 12.9. The number of benzene rings is 1. The van der Waals surface area contributed by atoms with E-state index < -0.39 is 0 Å². The van der Waals surface area contributed by atoms with Gasteiger partial charge < -0.3 is 5.32 Å². The molecule has 1 aromatic carbocycles. The molecule has 0 aliphatic carbocycles. The number of carbonyl (C=O) groups excluding carboxylic acids is 1. The molecule has 0 spiro atoms. The predicted molar refractivity (Wildman–Crippen MR) is 68.6 cm³/mol. The number of amides is 1. The zero-order valence-electron chi connectivity index (χ0n) is 10.7. The molecule has 1 heterocycles. The quantitative estimate of drug-likeness (QED) is 0.887. The molecular weight excluding hydrogens is 231 g/mol. The lowest BCUT2D eigenvalue weighted by atomic mass is 10.0. The fraction of sp³-hybridized carbons (Fsp3) is 0.500. The fourth-order valence-electron chi connectivity index (χ4n) is 2.53. The molecule has 1 saturated heterocycles. The molecule has 1 unspecified atom stereocenters. The summed E-state index contributed by atoms with van der Waals surface area (Å²) in [5.74, 6) is -0.131. The Morgan fingerprint density at radius 1 is 1.44 bits per heavy atom. The van der Waals surface area contributed by atoms with Crippen LogP contribution in [0.2, 0.25) is 0 Å². The maximum atomic E-state index is 12.9. The van der Waals surface area contributed by atoms with Gasteiger partial charge in [-0.05, 0) is 37.1 Å². The normalized spacial score (nSPS) is 20.0. The van der Waals surface area contributed by atoms with E-state index in [0.29, 0.717) is 12.5 Å². The second-order valence-corrected chi connectivity index (χ2v) is 4.67. The number of hydrogen-bond donors (Lipinski definition) is 1. The Bertz CT molecular complexity index is 405. The van der Waals surface area contributed by atoms with Gasteiger partial charge in [0.25, 0.3) is 0 Å². The van der Waals surface area contributed by atoms with Gasteiger partial charge in [-0.2, -0.15) is 0 Å². The van der Waals surface area contributed by atoms with Crippen molar-refractivity contribution in [2.24, 2.45) is 0 Å². The zero-order chi connectivity index (χ0) is 13.0. The molecule has 4 heteroatoms. The molecule has 1 fully saturated rings. The van der Waals surface area contributed by atoms with Crippen molar-refractivity contribution in [2.45, 2.75) is 25.3 Å². The van der Waals surface area contributed by atoms with Gasteiger partial charge in [0.1, 0.15) is 5.82 Å². The van der Waals surface area contributed by atoms with Crippen molar-refractivity contribution < 1.29 is 9.18 Å². The highest BCUT2D eigenvalue weighted by Gasteiger charge is 2.25. The van der Waals surface area contributed by atoms with Crippen molar-refractivity contribution in [3.05, 3.63) is 35.6 Å². The van der Waals surface area contributed by atoms with Gasteiger partial charge in [-0.15, -0.1) is 0 Å². The van der Waals surface area contributed by atoms with Crippen LogP contribution in [-0.2, 0) is 4.79 Å². The minimum atomic E-state index is -0.200. The van der Waals surface area contributed by atoms with Crippen molar-refractivity contribution >= 4 is 5.91 Å². The average molecular weight is 250 g/mol. The van der Waals surface area contributed by atoms with Crippen molar-refractivity contribution in [3.8, 4) is 0 Å². The number of likely N-dealkylation sites (tertiary alicyclic amines) is 1. The molecule has 1 N–H and O–H groups in total. The summed E-state index contributed by atoms with van der Waals surface area (Å²) in [6.07, 6.45) is 2.74. The second kappa shape index (κ2) is 5.96. The molecule has 0 radical (unpaired) electrons. The number of nitrogens with one attached hydrogen (secondary N) is 1. The maximum Gasteiger partial charge on any atom is 0.221 e. The first-order chi connectivity index (χ1) is 8.70. The van der Waals surface area contributed by atoms with Gasteiger partial charge >= 0.3 is 0 Å². The van der Waals surface area contributed by atoms with Crippen molar-refractivity contribution in [3.63, 3.8) is 0 Å². The fourth-order valence-corrected chi connectivity index (χ4v) is 2.53. The van der Waals surface area contributed by atoms with Crippen LogP contribution in [0, 0.1) is 5.82 Å². The molecule has 1 aliphatic rings. The highest BCUT2D eigenvalue weighted by molar-refractivity contribution is 5.75. The van der Waals surface area contributed by atoms with E-state index in [9.17, 15) is 9.18 Å². The molecule has 3 nitrogen and oxygen atoms in total. The SMILES string of the molecule is CNC(=O)CCN1CCCC1c1ccc(F)cc1. The van der Waals surface area contributed by atoms with E-state index in [1.54, 1.807) is 7.05 Å². The molecule has 18 heavy (non-hydrogen) atoms. The van der Waals surface area contributed by atoms with E-state index >= 15 is 0 Å². The summed E-state index contributed by atoms with van der Waals surface area (Å²) in [7, 11) is 1.66. The van der Waals surface area contributed by atoms with Crippen LogP contribution in [-0.4, -0.2) is 30.9 Å². The molecule has 0 bridgehead atoms. The first-order valence-electron chi connectivity index (χ1n) is 6.41. The number of halogens is 1. The molecule has 0 saturated carbocycles. The third kappa shape index (κ3) is 3.07. The van der Waals surface area contributed by atoms with Crippen LogP contribution in [0.3, 0.4) is 0 Å². The smallest absolute Gasteiger partial charge is 0.221 e. The monoisotopic (exact) mass is 250 g/mol. The van der Waals surface area contributed by atoms with Gasteiger partial charge in [0.2, 0.25) is 5.91 Å². The van der Waals surface area contributed by atoms with Gasteiger partial charge in [0.05, 0.1) is 0 Å².